The van der Waals surface area contributed by atoms with Gasteiger partial charge in [-0.25, -0.2) is 12.8 Å². The van der Waals surface area contributed by atoms with Crippen molar-refractivity contribution in [1.29, 1.82) is 0 Å². The zero-order valence-electron chi connectivity index (χ0n) is 19.1. The summed E-state index contributed by atoms with van der Waals surface area (Å²) in [7, 11) is -3.28. The molecule has 1 N–H and O–H groups in total. The van der Waals surface area contributed by atoms with E-state index in [1.807, 2.05) is 11.6 Å². The van der Waals surface area contributed by atoms with Crippen LogP contribution in [0.25, 0.3) is 17.2 Å². The minimum absolute atomic E-state index is 0. The fourth-order valence-electron chi connectivity index (χ4n) is 3.89. The van der Waals surface area contributed by atoms with E-state index in [1.165, 1.54) is 49.0 Å². The molecule has 0 saturated heterocycles. The number of sulfonamides is 1. The molecule has 1 aliphatic heterocycles. The molecule has 1 unspecified atom stereocenters. The van der Waals surface area contributed by atoms with Gasteiger partial charge in [-0.05, 0) is 30.7 Å². The third-order valence-corrected chi connectivity index (χ3v) is 6.80. The maximum atomic E-state index is 14.9. The highest BCUT2D eigenvalue weighted by Crippen LogP contribution is 2.36. The lowest BCUT2D eigenvalue weighted by Gasteiger charge is -2.20. The first-order valence-electron chi connectivity index (χ1n) is 10.8. The average molecular weight is 528 g/mol. The lowest BCUT2D eigenvalue weighted by Crippen LogP contribution is -2.43. The van der Waals surface area contributed by atoms with Gasteiger partial charge in [0.15, 0.2) is 5.75 Å². The molecule has 1 aromatic heterocycles. The zero-order valence-corrected chi connectivity index (χ0v) is 20.0. The number of aryl methyl sites for hydroxylation is 1. The van der Waals surface area contributed by atoms with Crippen molar-refractivity contribution < 1.29 is 33.6 Å². The topological polar surface area (TPSA) is 89.8 Å². The number of rotatable bonds is 7. The van der Waals surface area contributed by atoms with Crippen LogP contribution in [0, 0.1) is 18.9 Å². The van der Waals surface area contributed by atoms with Gasteiger partial charge in [0.1, 0.15) is 22.7 Å². The van der Waals surface area contributed by atoms with E-state index in [1.54, 1.807) is 18.2 Å². The Hall–Kier alpha value is -3.41. The first-order chi connectivity index (χ1) is 16.9. The van der Waals surface area contributed by atoms with Crippen LogP contribution in [0.15, 0.2) is 57.9 Å². The Morgan fingerprint density at radius 1 is 1.25 bits per heavy atom. The van der Waals surface area contributed by atoms with E-state index in [0.29, 0.717) is 17.2 Å². The number of anilines is 1. The fraction of sp³-hybridized carbons (Fsp3) is 0.250. The molecular formula is C24H25F4N3O4S. The van der Waals surface area contributed by atoms with Crippen LogP contribution in [0.1, 0.15) is 16.2 Å². The predicted molar refractivity (Wildman–Crippen MR) is 130 cm³/mol. The molecule has 2 heterocycles. The number of halogens is 4. The summed E-state index contributed by atoms with van der Waals surface area (Å²) in [4.78, 5) is 16.5. The third-order valence-electron chi connectivity index (χ3n) is 5.54. The lowest BCUT2D eigenvalue weighted by atomic mass is 9.98. The first kappa shape index (κ1) is 25.7. The van der Waals surface area contributed by atoms with Gasteiger partial charge in [-0.3, -0.25) is 14.5 Å². The van der Waals surface area contributed by atoms with Crippen molar-refractivity contribution in [3.05, 3.63) is 82.0 Å². The zero-order chi connectivity index (χ0) is 26.3. The highest BCUT2D eigenvalue weighted by atomic mass is 32.2. The molecule has 0 spiro atoms. The summed E-state index contributed by atoms with van der Waals surface area (Å²) in [6.45, 7) is 3.23. The monoisotopic (exact) mass is 527 g/mol. The standard InChI is InChI=1S/C24H21F4N3O4S.2H2/c1-3-14-5-4-6-20(21(14)25)35-19-8-7-15(30-36(33,34)13-24(26,27)28)11-17(19)18-12-31(2)23(32)22-16(18)9-10-29-22;;/h4-12,14,30H,3,13H2,1-2H3;2*1H. The summed E-state index contributed by atoms with van der Waals surface area (Å²) in [5.41, 5.74) is 0.0491. The van der Waals surface area contributed by atoms with E-state index >= 15 is 0 Å². The number of allylic oxidation sites excluding steroid dienone is 3. The summed E-state index contributed by atoms with van der Waals surface area (Å²) in [6.07, 6.45) is 3.37. The fourth-order valence-corrected chi connectivity index (χ4v) is 4.88. The Bertz CT molecular complexity index is 1570. The number of aromatic nitrogens is 1. The molecule has 1 aromatic carbocycles. The normalized spacial score (nSPS) is 17.4. The van der Waals surface area contributed by atoms with Crippen LogP contribution in [0.5, 0.6) is 5.75 Å². The maximum absolute atomic E-state index is 14.9. The van der Waals surface area contributed by atoms with E-state index < -0.39 is 33.7 Å². The smallest absolute Gasteiger partial charge is 0.404 e. The van der Waals surface area contributed by atoms with E-state index in [-0.39, 0.29) is 36.5 Å². The maximum Gasteiger partial charge on any atom is 0.404 e. The molecule has 36 heavy (non-hydrogen) atoms. The van der Waals surface area contributed by atoms with Crippen LogP contribution in [-0.4, -0.2) is 24.9 Å². The van der Waals surface area contributed by atoms with E-state index in [2.05, 4.69) is 4.99 Å². The molecule has 194 valence electrons. The van der Waals surface area contributed by atoms with Gasteiger partial charge in [0.05, 0.1) is 13.0 Å². The van der Waals surface area contributed by atoms with E-state index in [0.717, 1.165) is 0 Å². The second-order valence-electron chi connectivity index (χ2n) is 8.23. The first-order valence-corrected chi connectivity index (χ1v) is 12.5. The molecule has 0 saturated carbocycles. The number of hydrogen-bond donors (Lipinski definition) is 1. The Kier molecular flexibility index (Phi) is 6.82. The van der Waals surface area contributed by atoms with Gasteiger partial charge in [0, 0.05) is 44.0 Å². The molecule has 1 aliphatic carbocycles. The number of alkyl halides is 3. The molecule has 0 amide bonds. The number of fused-ring (bicyclic) bond motifs is 1. The summed E-state index contributed by atoms with van der Waals surface area (Å²) < 4.78 is 86.2. The minimum atomic E-state index is -4.94. The Morgan fingerprint density at radius 3 is 2.69 bits per heavy atom. The van der Waals surface area contributed by atoms with Crippen LogP contribution in [-0.2, 0) is 17.1 Å². The van der Waals surface area contributed by atoms with Gasteiger partial charge in [-0.2, -0.15) is 13.2 Å². The third kappa shape index (κ3) is 5.38. The molecule has 7 nitrogen and oxygen atoms in total. The molecule has 2 radical (unpaired) electrons. The number of benzene rings is 1. The number of nitrogens with zero attached hydrogens (tertiary/aromatic N) is 2. The van der Waals surface area contributed by atoms with Gasteiger partial charge in [0.2, 0.25) is 10.0 Å². The van der Waals surface area contributed by atoms with Crippen molar-refractivity contribution in [1.82, 2.24) is 4.57 Å². The quantitative estimate of drug-likeness (QED) is 0.555. The van der Waals surface area contributed by atoms with E-state index in [9.17, 15) is 30.8 Å². The molecule has 2 aliphatic rings. The Balaban J connectivity index is 0.00000253. The van der Waals surface area contributed by atoms with Gasteiger partial charge < -0.3 is 9.30 Å². The lowest BCUT2D eigenvalue weighted by molar-refractivity contribution is -0.106. The van der Waals surface area contributed by atoms with Crippen molar-refractivity contribution in [3.63, 3.8) is 0 Å². The number of nitrogens with one attached hydrogen (secondary N) is 1. The number of pyridine rings is 1. The van der Waals surface area contributed by atoms with Crippen LogP contribution in [0.3, 0.4) is 0 Å². The van der Waals surface area contributed by atoms with Crippen molar-refractivity contribution in [3.8, 4) is 16.9 Å². The number of hydrogen-bond acceptors (Lipinski definition) is 5. The SMILES string of the molecule is CCC1C=C[CH]C(Oc2ccc(NS(=O)(=O)CC(F)(F)F)cc2-c2cn(C)c(=O)c3c2=C[CH]N=3)=C1F.[HH].[HH]. The van der Waals surface area contributed by atoms with Crippen LogP contribution in [0.4, 0.5) is 23.2 Å². The molecule has 1 atom stereocenters. The average Bonchev–Trinajstić information content (AvgIpc) is 3.27. The molecular weight excluding hydrogens is 502 g/mol. The van der Waals surface area contributed by atoms with Gasteiger partial charge in [-0.15, -0.1) is 0 Å². The Labute approximate surface area is 207 Å². The van der Waals surface area contributed by atoms with Crippen molar-refractivity contribution in [2.45, 2.75) is 19.5 Å². The van der Waals surface area contributed by atoms with Gasteiger partial charge in [0.25, 0.3) is 5.56 Å². The van der Waals surface area contributed by atoms with Gasteiger partial charge >= 0.3 is 6.18 Å². The second kappa shape index (κ2) is 9.57. The largest absolute Gasteiger partial charge is 0.458 e. The Morgan fingerprint density at radius 2 is 2.00 bits per heavy atom. The molecule has 0 fully saturated rings. The molecule has 2 aromatic rings. The molecule has 4 rings (SSSR count). The van der Waals surface area contributed by atoms with Gasteiger partial charge in [-0.1, -0.05) is 19.1 Å². The summed E-state index contributed by atoms with van der Waals surface area (Å²) >= 11 is 0. The van der Waals surface area contributed by atoms with E-state index in [4.69, 9.17) is 4.74 Å². The summed E-state index contributed by atoms with van der Waals surface area (Å²) in [5.74, 6) is -3.01. The predicted octanol–water partition coefficient (Wildman–Crippen LogP) is 3.78. The summed E-state index contributed by atoms with van der Waals surface area (Å²) in [5, 5.41) is 0.541. The molecule has 0 bridgehead atoms. The van der Waals surface area contributed by atoms with Crippen LogP contribution >= 0.6 is 0 Å². The number of ether oxygens (including phenoxy) is 1. The minimum Gasteiger partial charge on any atom is -0.458 e. The summed E-state index contributed by atoms with van der Waals surface area (Å²) in [6, 6.07) is 3.80. The van der Waals surface area contributed by atoms with Crippen LogP contribution in [0.2, 0.25) is 0 Å². The van der Waals surface area contributed by atoms with Crippen molar-refractivity contribution >= 4 is 21.8 Å². The van der Waals surface area contributed by atoms with Crippen LogP contribution < -0.4 is 25.6 Å². The second-order valence-corrected chi connectivity index (χ2v) is 9.96. The highest BCUT2D eigenvalue weighted by molar-refractivity contribution is 7.92. The highest BCUT2D eigenvalue weighted by Gasteiger charge is 2.35. The molecule has 12 heteroatoms. The van der Waals surface area contributed by atoms with Crippen molar-refractivity contribution in [2.75, 3.05) is 10.5 Å². The van der Waals surface area contributed by atoms with Crippen molar-refractivity contribution in [2.24, 2.45) is 18.0 Å².